The molecule has 2 aromatic carbocycles. The van der Waals surface area contributed by atoms with Crippen LogP contribution in [0.4, 0.5) is 0 Å². The van der Waals surface area contributed by atoms with Crippen molar-refractivity contribution in [1.29, 1.82) is 0 Å². The van der Waals surface area contributed by atoms with Gasteiger partial charge in [0.2, 0.25) is 0 Å². The Balaban J connectivity index is 1.78. The molecule has 2 aromatic rings. The summed E-state index contributed by atoms with van der Waals surface area (Å²) in [6.45, 7) is 2.34. The number of carbonyl (C=O) groups is 2. The molecule has 0 bridgehead atoms. The lowest BCUT2D eigenvalue weighted by molar-refractivity contribution is -0.123. The van der Waals surface area contributed by atoms with E-state index in [1.807, 2.05) is 6.92 Å². The Morgan fingerprint density at radius 3 is 2.46 bits per heavy atom. The van der Waals surface area contributed by atoms with Crippen LogP contribution in [0.1, 0.15) is 23.7 Å². The largest absolute Gasteiger partial charge is 0.494 e. The third-order valence-electron chi connectivity index (χ3n) is 3.16. The van der Waals surface area contributed by atoms with Gasteiger partial charge in [0.15, 0.2) is 6.61 Å². The summed E-state index contributed by atoms with van der Waals surface area (Å²) < 4.78 is 11.6. The summed E-state index contributed by atoms with van der Waals surface area (Å²) in [6.07, 6.45) is 0.905. The second-order valence-corrected chi connectivity index (χ2v) is 6.56. The molecule has 6 nitrogen and oxygen atoms in total. The maximum absolute atomic E-state index is 12.0. The monoisotopic (exact) mass is 440 g/mol. The molecule has 0 heterocycles. The first-order chi connectivity index (χ1) is 12.5. The van der Waals surface area contributed by atoms with Crippen LogP contribution >= 0.6 is 27.5 Å². The number of carbonyl (C=O) groups excluding carboxylic acids is 2. The molecule has 0 fully saturated rings. The van der Waals surface area contributed by atoms with E-state index in [2.05, 4.69) is 26.8 Å². The van der Waals surface area contributed by atoms with Gasteiger partial charge >= 0.3 is 0 Å². The number of hydrazine groups is 1. The second-order valence-electron chi connectivity index (χ2n) is 5.24. The van der Waals surface area contributed by atoms with Crippen LogP contribution in [0, 0.1) is 0 Å². The highest BCUT2D eigenvalue weighted by Gasteiger charge is 2.09. The molecule has 0 aromatic heterocycles. The van der Waals surface area contributed by atoms with Crippen LogP contribution in [0.5, 0.6) is 11.5 Å². The number of hydrogen-bond acceptors (Lipinski definition) is 4. The molecule has 0 atom stereocenters. The zero-order valence-electron chi connectivity index (χ0n) is 14.1. The normalized spacial score (nSPS) is 10.1. The topological polar surface area (TPSA) is 76.7 Å². The summed E-state index contributed by atoms with van der Waals surface area (Å²) in [5, 5.41) is 0.376. The van der Waals surface area contributed by atoms with Crippen molar-refractivity contribution in [2.75, 3.05) is 13.2 Å². The fraction of sp³-hybridized carbons (Fsp3) is 0.222. The van der Waals surface area contributed by atoms with Gasteiger partial charge in [-0.2, -0.15) is 0 Å². The van der Waals surface area contributed by atoms with Crippen molar-refractivity contribution in [3.8, 4) is 11.5 Å². The molecule has 0 aliphatic rings. The molecule has 0 unspecified atom stereocenters. The van der Waals surface area contributed by atoms with Gasteiger partial charge in [0.25, 0.3) is 11.8 Å². The van der Waals surface area contributed by atoms with Gasteiger partial charge in [-0.25, -0.2) is 0 Å². The molecule has 0 saturated heterocycles. The van der Waals surface area contributed by atoms with Crippen molar-refractivity contribution < 1.29 is 19.1 Å². The van der Waals surface area contributed by atoms with Gasteiger partial charge in [-0.15, -0.1) is 0 Å². The Morgan fingerprint density at radius 1 is 1.08 bits per heavy atom. The van der Waals surface area contributed by atoms with Crippen molar-refractivity contribution in [3.63, 3.8) is 0 Å². The molecule has 0 aliphatic carbocycles. The summed E-state index contributed by atoms with van der Waals surface area (Å²) in [4.78, 5) is 23.8. The molecular weight excluding hydrogens is 424 g/mol. The number of halogens is 2. The Kier molecular flexibility index (Phi) is 7.74. The fourth-order valence-electron chi connectivity index (χ4n) is 1.89. The van der Waals surface area contributed by atoms with Gasteiger partial charge in [0.05, 0.1) is 11.6 Å². The van der Waals surface area contributed by atoms with Crippen LogP contribution in [0.15, 0.2) is 46.9 Å². The first-order valence-electron chi connectivity index (χ1n) is 7.89. The van der Waals surface area contributed by atoms with Gasteiger partial charge in [-0.3, -0.25) is 20.4 Å². The number of ether oxygens (including phenoxy) is 2. The van der Waals surface area contributed by atoms with Gasteiger partial charge in [0, 0.05) is 10.0 Å². The standard InChI is InChI=1S/C18H18BrClN2O4/c1-2-9-25-14-6-3-12(4-7-14)18(24)22-21-17(23)11-26-16-8-5-13(19)10-15(16)20/h3-8,10H,2,9,11H2,1H3,(H,21,23)(H,22,24). The van der Waals surface area contributed by atoms with E-state index in [4.69, 9.17) is 21.1 Å². The SMILES string of the molecule is CCCOc1ccc(C(=O)NNC(=O)COc2ccc(Br)cc2Cl)cc1. The van der Waals surface area contributed by atoms with Crippen LogP contribution in [-0.2, 0) is 4.79 Å². The molecule has 0 saturated carbocycles. The maximum Gasteiger partial charge on any atom is 0.276 e. The highest BCUT2D eigenvalue weighted by atomic mass is 79.9. The summed E-state index contributed by atoms with van der Waals surface area (Å²) in [5.74, 6) is 0.105. The highest BCUT2D eigenvalue weighted by molar-refractivity contribution is 9.10. The molecule has 2 amide bonds. The predicted molar refractivity (Wildman–Crippen MR) is 102 cm³/mol. The number of amides is 2. The first-order valence-corrected chi connectivity index (χ1v) is 9.06. The molecule has 2 N–H and O–H groups in total. The van der Waals surface area contributed by atoms with Crippen LogP contribution in [-0.4, -0.2) is 25.0 Å². The molecule has 26 heavy (non-hydrogen) atoms. The van der Waals surface area contributed by atoms with Crippen LogP contribution in [0.25, 0.3) is 0 Å². The summed E-state index contributed by atoms with van der Waals surface area (Å²) >= 11 is 9.28. The molecule has 8 heteroatoms. The molecular formula is C18H18BrClN2O4. The van der Waals surface area contributed by atoms with E-state index in [0.717, 1.165) is 10.9 Å². The lowest BCUT2D eigenvalue weighted by Crippen LogP contribution is -2.43. The average molecular weight is 442 g/mol. The minimum absolute atomic E-state index is 0.286. The van der Waals surface area contributed by atoms with E-state index in [0.29, 0.717) is 28.7 Å². The second kappa shape index (κ2) is 10.0. The smallest absolute Gasteiger partial charge is 0.276 e. The quantitative estimate of drug-likeness (QED) is 0.642. The van der Waals surface area contributed by atoms with Gasteiger partial charge in [-0.1, -0.05) is 34.5 Å². The Morgan fingerprint density at radius 2 is 1.81 bits per heavy atom. The van der Waals surface area contributed by atoms with Crippen molar-refractivity contribution in [2.24, 2.45) is 0 Å². The number of rotatable bonds is 7. The Labute approximate surface area is 164 Å². The number of hydrogen-bond donors (Lipinski definition) is 2. The van der Waals surface area contributed by atoms with E-state index < -0.39 is 11.8 Å². The average Bonchev–Trinajstić information content (AvgIpc) is 2.64. The lowest BCUT2D eigenvalue weighted by atomic mass is 10.2. The molecule has 0 spiro atoms. The van der Waals surface area contributed by atoms with E-state index >= 15 is 0 Å². The third kappa shape index (κ3) is 6.24. The zero-order chi connectivity index (χ0) is 18.9. The first kappa shape index (κ1) is 20.1. The van der Waals surface area contributed by atoms with Crippen LogP contribution in [0.3, 0.4) is 0 Å². The zero-order valence-corrected chi connectivity index (χ0v) is 16.4. The molecule has 0 radical (unpaired) electrons. The van der Waals surface area contributed by atoms with Gasteiger partial charge in [-0.05, 0) is 48.9 Å². The number of nitrogens with one attached hydrogen (secondary N) is 2. The summed E-state index contributed by atoms with van der Waals surface area (Å²) in [5.41, 5.74) is 5.00. The predicted octanol–water partition coefficient (Wildman–Crippen LogP) is 3.73. The van der Waals surface area contributed by atoms with Crippen molar-refractivity contribution in [1.82, 2.24) is 10.9 Å². The molecule has 0 aliphatic heterocycles. The molecule has 2 rings (SSSR count). The van der Waals surface area contributed by atoms with Gasteiger partial charge < -0.3 is 9.47 Å². The van der Waals surface area contributed by atoms with E-state index in [1.165, 1.54) is 0 Å². The van der Waals surface area contributed by atoms with Crippen LogP contribution in [0.2, 0.25) is 5.02 Å². The van der Waals surface area contributed by atoms with E-state index in [-0.39, 0.29) is 6.61 Å². The Bertz CT molecular complexity index is 768. The Hall–Kier alpha value is -2.25. The van der Waals surface area contributed by atoms with Crippen molar-refractivity contribution >= 4 is 39.3 Å². The van der Waals surface area contributed by atoms with Gasteiger partial charge in [0.1, 0.15) is 11.5 Å². The van der Waals surface area contributed by atoms with E-state index in [9.17, 15) is 9.59 Å². The minimum atomic E-state index is -0.514. The minimum Gasteiger partial charge on any atom is -0.494 e. The number of benzene rings is 2. The third-order valence-corrected chi connectivity index (χ3v) is 3.95. The van der Waals surface area contributed by atoms with Crippen molar-refractivity contribution in [3.05, 3.63) is 57.5 Å². The summed E-state index contributed by atoms with van der Waals surface area (Å²) in [6, 6.07) is 11.7. The fourth-order valence-corrected chi connectivity index (χ4v) is 2.62. The molecule has 138 valence electrons. The lowest BCUT2D eigenvalue weighted by Gasteiger charge is -2.10. The van der Waals surface area contributed by atoms with E-state index in [1.54, 1.807) is 42.5 Å². The summed E-state index contributed by atoms with van der Waals surface area (Å²) in [7, 11) is 0. The maximum atomic E-state index is 12.0. The highest BCUT2D eigenvalue weighted by Crippen LogP contribution is 2.27. The van der Waals surface area contributed by atoms with Crippen molar-refractivity contribution in [2.45, 2.75) is 13.3 Å². The van der Waals surface area contributed by atoms with Crippen LogP contribution < -0.4 is 20.3 Å².